The number of thioether (sulfide) groups is 1. The highest BCUT2D eigenvalue weighted by atomic mass is 32.2. The number of carbonyl (C=O) groups is 5. The van der Waals surface area contributed by atoms with E-state index >= 15 is 0 Å². The highest BCUT2D eigenvalue weighted by molar-refractivity contribution is 7.99. The molecular formula is C17H24O11S. The van der Waals surface area contributed by atoms with E-state index in [9.17, 15) is 24.0 Å². The fourth-order valence-electron chi connectivity index (χ4n) is 2.59. The Hall–Kier alpha value is -2.34. The van der Waals surface area contributed by atoms with E-state index in [-0.39, 0.29) is 18.8 Å². The van der Waals surface area contributed by atoms with Crippen LogP contribution in [0.5, 0.6) is 0 Å². The molecule has 0 amide bonds. The third-order valence-electron chi connectivity index (χ3n) is 3.55. The van der Waals surface area contributed by atoms with E-state index in [1.807, 2.05) is 0 Å². The van der Waals surface area contributed by atoms with Gasteiger partial charge in [0, 0.05) is 33.4 Å². The lowest BCUT2D eigenvalue weighted by Crippen LogP contribution is -2.61. The molecule has 1 unspecified atom stereocenters. The second kappa shape index (κ2) is 11.6. The van der Waals surface area contributed by atoms with Crippen molar-refractivity contribution in [2.24, 2.45) is 0 Å². The average Bonchev–Trinajstić information content (AvgIpc) is 2.56. The molecule has 164 valence electrons. The summed E-state index contributed by atoms with van der Waals surface area (Å²) in [6.45, 7) is 4.23. The maximum absolute atomic E-state index is 11.6. The summed E-state index contributed by atoms with van der Waals surface area (Å²) in [5.41, 5.74) is -0.963. The topological polar surface area (TPSA) is 152 Å². The van der Waals surface area contributed by atoms with E-state index < -0.39 is 59.7 Å². The second-order valence-electron chi connectivity index (χ2n) is 6.08. The van der Waals surface area contributed by atoms with Crippen LogP contribution in [-0.4, -0.2) is 77.2 Å². The van der Waals surface area contributed by atoms with Crippen molar-refractivity contribution in [2.75, 3.05) is 12.4 Å². The highest BCUT2D eigenvalue weighted by Crippen LogP contribution is 2.34. The van der Waals surface area contributed by atoms with E-state index in [1.165, 1.54) is 6.92 Å². The molecular weight excluding hydrogens is 412 g/mol. The predicted molar refractivity (Wildman–Crippen MR) is 96.7 cm³/mol. The van der Waals surface area contributed by atoms with Crippen LogP contribution in [-0.2, 0) is 47.7 Å². The Labute approximate surface area is 171 Å². The Bertz CT molecular complexity index is 635. The third kappa shape index (κ3) is 8.69. The minimum atomic E-state index is -1.25. The van der Waals surface area contributed by atoms with E-state index in [1.54, 1.807) is 0 Å². The molecule has 0 bridgehead atoms. The van der Waals surface area contributed by atoms with Gasteiger partial charge in [-0.25, -0.2) is 0 Å². The molecule has 0 spiro atoms. The van der Waals surface area contributed by atoms with Gasteiger partial charge >= 0.3 is 29.8 Å². The van der Waals surface area contributed by atoms with Gasteiger partial charge in [0.05, 0.1) is 6.42 Å². The molecule has 29 heavy (non-hydrogen) atoms. The first kappa shape index (κ1) is 24.7. The summed E-state index contributed by atoms with van der Waals surface area (Å²) in [4.78, 5) is 56.8. The maximum atomic E-state index is 11.6. The molecule has 0 aliphatic carbocycles. The van der Waals surface area contributed by atoms with Crippen LogP contribution >= 0.6 is 11.8 Å². The van der Waals surface area contributed by atoms with Crippen LogP contribution in [0.2, 0.25) is 0 Å². The molecule has 1 heterocycles. The van der Waals surface area contributed by atoms with Gasteiger partial charge in [0.1, 0.15) is 18.1 Å². The second-order valence-corrected chi connectivity index (χ2v) is 7.29. The minimum absolute atomic E-state index is 0.100. The van der Waals surface area contributed by atoms with E-state index in [2.05, 4.69) is 0 Å². The molecule has 1 fully saturated rings. The SMILES string of the molecule is CC(=O)OC[C@H]1OC(SCCC(=O)O)[C@@H](OC(C)=O)[C@@H](OC(C)=O)[C@@H]1OC(C)=O. The Morgan fingerprint density at radius 3 is 1.83 bits per heavy atom. The van der Waals surface area contributed by atoms with Gasteiger partial charge in [-0.3, -0.25) is 24.0 Å². The number of carboxylic acids is 1. The Balaban J connectivity index is 3.22. The first-order chi connectivity index (χ1) is 13.5. The molecule has 1 aliphatic rings. The van der Waals surface area contributed by atoms with Crippen molar-refractivity contribution in [1.29, 1.82) is 0 Å². The third-order valence-corrected chi connectivity index (χ3v) is 4.69. The first-order valence-corrected chi connectivity index (χ1v) is 9.70. The predicted octanol–water partition coefficient (Wildman–Crippen LogP) is 0.277. The Kier molecular flexibility index (Phi) is 9.89. The molecule has 5 atom stereocenters. The Morgan fingerprint density at radius 1 is 0.828 bits per heavy atom. The summed E-state index contributed by atoms with van der Waals surface area (Å²) in [5, 5.41) is 8.84. The van der Waals surface area contributed by atoms with Crippen LogP contribution in [0, 0.1) is 0 Å². The monoisotopic (exact) mass is 436 g/mol. The number of aliphatic carboxylic acids is 1. The summed E-state index contributed by atoms with van der Waals surface area (Å²) in [6.07, 6.45) is -4.90. The van der Waals surface area contributed by atoms with Gasteiger partial charge in [-0.2, -0.15) is 0 Å². The van der Waals surface area contributed by atoms with Crippen LogP contribution in [0.4, 0.5) is 0 Å². The molecule has 1 N–H and O–H groups in total. The maximum Gasteiger partial charge on any atom is 0.304 e. The number of carboxylic acid groups (broad SMARTS) is 1. The highest BCUT2D eigenvalue weighted by Gasteiger charge is 2.52. The van der Waals surface area contributed by atoms with E-state index in [4.69, 9.17) is 28.8 Å². The fraction of sp³-hybridized carbons (Fsp3) is 0.706. The normalized spacial score (nSPS) is 26.1. The molecule has 0 aromatic rings. The number of hydrogen-bond donors (Lipinski definition) is 1. The number of ether oxygens (including phenoxy) is 5. The molecule has 0 radical (unpaired) electrons. The van der Waals surface area contributed by atoms with Gasteiger partial charge in [-0.1, -0.05) is 0 Å². The van der Waals surface area contributed by atoms with Crippen LogP contribution in [0.1, 0.15) is 34.1 Å². The Morgan fingerprint density at radius 2 is 1.34 bits per heavy atom. The zero-order valence-corrected chi connectivity index (χ0v) is 17.3. The first-order valence-electron chi connectivity index (χ1n) is 8.65. The summed E-state index contributed by atoms with van der Waals surface area (Å²) < 4.78 is 26.5. The summed E-state index contributed by atoms with van der Waals surface area (Å²) in [5.74, 6) is -3.71. The van der Waals surface area contributed by atoms with Crippen molar-refractivity contribution in [3.05, 3.63) is 0 Å². The summed E-state index contributed by atoms with van der Waals surface area (Å²) in [7, 11) is 0. The number of esters is 4. The largest absolute Gasteiger partial charge is 0.481 e. The van der Waals surface area contributed by atoms with Gasteiger partial charge in [0.2, 0.25) is 0 Å². The summed E-state index contributed by atoms with van der Waals surface area (Å²) in [6, 6.07) is 0. The van der Waals surface area contributed by atoms with Crippen molar-refractivity contribution in [2.45, 2.75) is 64.0 Å². The number of rotatable bonds is 9. The smallest absolute Gasteiger partial charge is 0.304 e. The van der Waals surface area contributed by atoms with Crippen molar-refractivity contribution < 1.29 is 52.8 Å². The van der Waals surface area contributed by atoms with Crippen LogP contribution in [0.15, 0.2) is 0 Å². The molecule has 11 nitrogen and oxygen atoms in total. The van der Waals surface area contributed by atoms with Crippen molar-refractivity contribution in [1.82, 2.24) is 0 Å². The van der Waals surface area contributed by atoms with E-state index in [0.717, 1.165) is 32.5 Å². The molecule has 0 aromatic heterocycles. The van der Waals surface area contributed by atoms with Gasteiger partial charge in [0.25, 0.3) is 0 Å². The summed E-state index contributed by atoms with van der Waals surface area (Å²) >= 11 is 1.01. The van der Waals surface area contributed by atoms with Crippen LogP contribution in [0.3, 0.4) is 0 Å². The lowest BCUT2D eigenvalue weighted by molar-refractivity contribution is -0.237. The molecule has 1 saturated heterocycles. The molecule has 12 heteroatoms. The van der Waals surface area contributed by atoms with Crippen molar-refractivity contribution >= 4 is 41.6 Å². The zero-order valence-electron chi connectivity index (χ0n) is 16.4. The van der Waals surface area contributed by atoms with Crippen LogP contribution in [0.25, 0.3) is 0 Å². The standard InChI is InChI=1S/C17H24O11S/c1-8(18)24-7-12-14(25-9(2)19)15(26-10(3)20)16(27-11(4)21)17(28-12)29-6-5-13(22)23/h12,14-17H,5-7H2,1-4H3,(H,22,23)/t12-,14-,15+,16+,17?/m1/s1. The minimum Gasteiger partial charge on any atom is -0.481 e. The van der Waals surface area contributed by atoms with Gasteiger partial charge < -0.3 is 28.8 Å². The van der Waals surface area contributed by atoms with Crippen molar-refractivity contribution in [3.8, 4) is 0 Å². The molecule has 0 saturated carbocycles. The van der Waals surface area contributed by atoms with Gasteiger partial charge in [-0.05, 0) is 0 Å². The van der Waals surface area contributed by atoms with Crippen LogP contribution < -0.4 is 0 Å². The molecule has 1 rings (SSSR count). The molecule has 0 aromatic carbocycles. The lowest BCUT2D eigenvalue weighted by Gasteiger charge is -2.44. The number of hydrogen-bond acceptors (Lipinski definition) is 11. The number of carbonyl (C=O) groups excluding carboxylic acids is 4. The fourth-order valence-corrected chi connectivity index (χ4v) is 3.73. The van der Waals surface area contributed by atoms with Crippen molar-refractivity contribution in [3.63, 3.8) is 0 Å². The van der Waals surface area contributed by atoms with Gasteiger partial charge in [0.15, 0.2) is 18.3 Å². The van der Waals surface area contributed by atoms with Gasteiger partial charge in [-0.15, -0.1) is 11.8 Å². The zero-order chi connectivity index (χ0) is 22.1. The quantitative estimate of drug-likeness (QED) is 0.390. The van der Waals surface area contributed by atoms with E-state index in [0.29, 0.717) is 0 Å². The molecule has 1 aliphatic heterocycles. The lowest BCUT2D eigenvalue weighted by atomic mass is 9.99. The average molecular weight is 436 g/mol.